The van der Waals surface area contributed by atoms with Crippen molar-refractivity contribution >= 4 is 17.6 Å². The summed E-state index contributed by atoms with van der Waals surface area (Å²) in [5.41, 5.74) is 0.566. The molecule has 8 heteroatoms. The molecule has 1 fully saturated rings. The van der Waals surface area contributed by atoms with Crippen LogP contribution < -0.4 is 10.1 Å². The van der Waals surface area contributed by atoms with E-state index >= 15 is 0 Å². The van der Waals surface area contributed by atoms with E-state index in [1.54, 1.807) is 18.2 Å². The number of methoxy groups -OCH3 is 1. The minimum absolute atomic E-state index is 0.0586. The fourth-order valence-corrected chi connectivity index (χ4v) is 3.73. The zero-order chi connectivity index (χ0) is 21.2. The number of hydrogen-bond donors (Lipinski definition) is 1. The topological polar surface area (TPSA) is 104 Å². The standard InChI is InChI=1S/C22H29N3O5/c1-28-18-12-6-5-11-17(18)23-20(26)14-19-24-21(30-25-19)15-29-22(27)13-7-10-16-8-3-2-4-9-16/h5-6,11-12,16H,2-4,7-10,13-15H2,1H3,(H,23,26). The number of carbonyl (C=O) groups excluding carboxylic acids is 2. The van der Waals surface area contributed by atoms with E-state index in [1.165, 1.54) is 39.2 Å². The molecular weight excluding hydrogens is 386 g/mol. The lowest BCUT2D eigenvalue weighted by Gasteiger charge is -2.20. The molecule has 1 heterocycles. The first-order valence-electron chi connectivity index (χ1n) is 10.5. The summed E-state index contributed by atoms with van der Waals surface area (Å²) in [6.45, 7) is -0.0800. The third-order valence-electron chi connectivity index (χ3n) is 5.28. The molecule has 30 heavy (non-hydrogen) atoms. The molecule has 1 saturated carbocycles. The van der Waals surface area contributed by atoms with E-state index in [0.29, 0.717) is 17.9 Å². The molecule has 0 bridgehead atoms. The zero-order valence-corrected chi connectivity index (χ0v) is 17.4. The van der Waals surface area contributed by atoms with Crippen LogP contribution in [0.3, 0.4) is 0 Å². The normalized spacial score (nSPS) is 14.3. The number of carbonyl (C=O) groups is 2. The number of hydrogen-bond acceptors (Lipinski definition) is 7. The van der Waals surface area contributed by atoms with E-state index in [1.807, 2.05) is 6.07 Å². The Morgan fingerprint density at radius 2 is 2.00 bits per heavy atom. The summed E-state index contributed by atoms with van der Waals surface area (Å²) in [7, 11) is 1.54. The van der Waals surface area contributed by atoms with Gasteiger partial charge in [-0.3, -0.25) is 9.59 Å². The van der Waals surface area contributed by atoms with Gasteiger partial charge >= 0.3 is 5.97 Å². The second-order valence-corrected chi connectivity index (χ2v) is 7.59. The van der Waals surface area contributed by atoms with Gasteiger partial charge in [-0.15, -0.1) is 0 Å². The average Bonchev–Trinajstić information content (AvgIpc) is 3.20. The highest BCUT2D eigenvalue weighted by molar-refractivity contribution is 5.93. The number of nitrogens with zero attached hydrogens (tertiary/aromatic N) is 2. The van der Waals surface area contributed by atoms with Crippen LogP contribution in [-0.4, -0.2) is 29.1 Å². The van der Waals surface area contributed by atoms with Crippen molar-refractivity contribution in [2.24, 2.45) is 5.92 Å². The SMILES string of the molecule is COc1ccccc1NC(=O)Cc1noc(COC(=O)CCCC2CCCCC2)n1. The van der Waals surface area contributed by atoms with Crippen molar-refractivity contribution < 1.29 is 23.6 Å². The molecule has 1 amide bonds. The molecule has 0 atom stereocenters. The van der Waals surface area contributed by atoms with Crippen LogP contribution in [0.2, 0.25) is 0 Å². The molecule has 1 N–H and O–H groups in total. The molecule has 162 valence electrons. The van der Waals surface area contributed by atoms with Gasteiger partial charge in [0.05, 0.1) is 19.2 Å². The van der Waals surface area contributed by atoms with Crippen LogP contribution in [0.25, 0.3) is 0 Å². The van der Waals surface area contributed by atoms with Crippen LogP contribution in [0.4, 0.5) is 5.69 Å². The maximum atomic E-state index is 12.2. The fraction of sp³-hybridized carbons (Fsp3) is 0.545. The molecule has 1 aromatic heterocycles. The first-order chi connectivity index (χ1) is 14.6. The summed E-state index contributed by atoms with van der Waals surface area (Å²) >= 11 is 0. The molecule has 0 unspecified atom stereocenters. The minimum Gasteiger partial charge on any atom is -0.495 e. The Kier molecular flexibility index (Phi) is 8.23. The van der Waals surface area contributed by atoms with E-state index < -0.39 is 0 Å². The molecule has 8 nitrogen and oxygen atoms in total. The number of nitrogens with one attached hydrogen (secondary N) is 1. The Morgan fingerprint density at radius 1 is 1.20 bits per heavy atom. The number of ether oxygens (including phenoxy) is 2. The fourth-order valence-electron chi connectivity index (χ4n) is 3.73. The van der Waals surface area contributed by atoms with Crippen LogP contribution >= 0.6 is 0 Å². The van der Waals surface area contributed by atoms with E-state index in [2.05, 4.69) is 15.5 Å². The number of aromatic nitrogens is 2. The van der Waals surface area contributed by atoms with Crippen LogP contribution in [0.15, 0.2) is 28.8 Å². The maximum Gasteiger partial charge on any atom is 0.306 e. The van der Waals surface area contributed by atoms with Gasteiger partial charge in [-0.2, -0.15) is 4.98 Å². The van der Waals surface area contributed by atoms with Crippen LogP contribution in [0.5, 0.6) is 5.75 Å². The Labute approximate surface area is 176 Å². The Bertz CT molecular complexity index is 830. The summed E-state index contributed by atoms with van der Waals surface area (Å²) in [6, 6.07) is 7.11. The number of anilines is 1. The second-order valence-electron chi connectivity index (χ2n) is 7.59. The Morgan fingerprint density at radius 3 is 2.80 bits per heavy atom. The van der Waals surface area contributed by atoms with E-state index in [4.69, 9.17) is 14.0 Å². The van der Waals surface area contributed by atoms with Gasteiger partial charge in [0, 0.05) is 6.42 Å². The largest absolute Gasteiger partial charge is 0.495 e. The highest BCUT2D eigenvalue weighted by atomic mass is 16.6. The second kappa shape index (κ2) is 11.3. The van der Waals surface area contributed by atoms with Crippen molar-refractivity contribution in [3.05, 3.63) is 36.0 Å². The van der Waals surface area contributed by atoms with Crippen molar-refractivity contribution in [2.75, 3.05) is 12.4 Å². The number of para-hydroxylation sites is 2. The highest BCUT2D eigenvalue weighted by Crippen LogP contribution is 2.27. The molecule has 1 aliphatic carbocycles. The number of esters is 1. The predicted octanol–water partition coefficient (Wildman–Crippen LogP) is 4.05. The van der Waals surface area contributed by atoms with Gasteiger partial charge < -0.3 is 19.3 Å². The van der Waals surface area contributed by atoms with Gasteiger partial charge in [0.25, 0.3) is 5.89 Å². The molecular formula is C22H29N3O5. The average molecular weight is 415 g/mol. The van der Waals surface area contributed by atoms with Gasteiger partial charge in [0.2, 0.25) is 5.91 Å². The monoisotopic (exact) mass is 415 g/mol. The van der Waals surface area contributed by atoms with Crippen LogP contribution in [0.1, 0.15) is 63.1 Å². The van der Waals surface area contributed by atoms with Gasteiger partial charge in [-0.25, -0.2) is 0 Å². The Hall–Kier alpha value is -2.90. The molecule has 1 aromatic carbocycles. The molecule has 3 rings (SSSR count). The van der Waals surface area contributed by atoms with E-state index in [-0.39, 0.29) is 36.6 Å². The molecule has 0 spiro atoms. The van der Waals surface area contributed by atoms with Crippen molar-refractivity contribution in [3.63, 3.8) is 0 Å². The summed E-state index contributed by atoms with van der Waals surface area (Å²) in [5.74, 6) is 1.16. The van der Waals surface area contributed by atoms with E-state index in [0.717, 1.165) is 18.8 Å². The van der Waals surface area contributed by atoms with Crippen LogP contribution in [0, 0.1) is 5.92 Å². The third kappa shape index (κ3) is 6.86. The van der Waals surface area contributed by atoms with Gasteiger partial charge in [-0.1, -0.05) is 49.4 Å². The first kappa shape index (κ1) is 21.8. The van der Waals surface area contributed by atoms with Crippen molar-refractivity contribution in [1.29, 1.82) is 0 Å². The van der Waals surface area contributed by atoms with Gasteiger partial charge in [0.15, 0.2) is 12.4 Å². The quantitative estimate of drug-likeness (QED) is 0.584. The van der Waals surface area contributed by atoms with Gasteiger partial charge in [-0.05, 0) is 30.9 Å². The molecule has 1 aliphatic rings. The molecule has 0 saturated heterocycles. The van der Waals surface area contributed by atoms with Crippen molar-refractivity contribution in [2.45, 2.75) is 64.4 Å². The summed E-state index contributed by atoms with van der Waals surface area (Å²) < 4.78 is 15.5. The van der Waals surface area contributed by atoms with Crippen molar-refractivity contribution in [1.82, 2.24) is 10.1 Å². The predicted molar refractivity (Wildman–Crippen MR) is 110 cm³/mol. The maximum absolute atomic E-state index is 12.2. The van der Waals surface area contributed by atoms with E-state index in [9.17, 15) is 9.59 Å². The summed E-state index contributed by atoms with van der Waals surface area (Å²) in [5, 5.41) is 6.52. The highest BCUT2D eigenvalue weighted by Gasteiger charge is 2.16. The molecule has 2 aromatic rings. The lowest BCUT2D eigenvalue weighted by atomic mass is 9.86. The third-order valence-corrected chi connectivity index (χ3v) is 5.28. The summed E-state index contributed by atoms with van der Waals surface area (Å²) in [4.78, 5) is 28.2. The number of rotatable bonds is 10. The Balaban J connectivity index is 1.37. The molecule has 0 aliphatic heterocycles. The lowest BCUT2D eigenvalue weighted by molar-refractivity contribution is -0.145. The van der Waals surface area contributed by atoms with Gasteiger partial charge in [0.1, 0.15) is 5.75 Å². The van der Waals surface area contributed by atoms with Crippen LogP contribution in [-0.2, 0) is 27.4 Å². The number of benzene rings is 1. The molecule has 0 radical (unpaired) electrons. The first-order valence-corrected chi connectivity index (χ1v) is 10.5. The lowest BCUT2D eigenvalue weighted by Crippen LogP contribution is -2.15. The minimum atomic E-state index is -0.299. The number of amides is 1. The smallest absolute Gasteiger partial charge is 0.306 e. The van der Waals surface area contributed by atoms with Crippen molar-refractivity contribution in [3.8, 4) is 5.75 Å². The zero-order valence-electron chi connectivity index (χ0n) is 17.4. The summed E-state index contributed by atoms with van der Waals surface area (Å²) in [6.07, 6.45) is 8.80.